The third kappa shape index (κ3) is 4.64. The molecule has 0 saturated carbocycles. The molecule has 1 aliphatic rings. The van der Waals surface area contributed by atoms with Gasteiger partial charge in [0.1, 0.15) is 0 Å². The molecule has 7 aromatic carbocycles. The summed E-state index contributed by atoms with van der Waals surface area (Å²) in [6.45, 7) is 0. The smallest absolute Gasteiger partial charge is 0.0541 e. The Kier molecular flexibility index (Phi) is 6.67. The first kappa shape index (κ1) is 28.6. The van der Waals surface area contributed by atoms with Gasteiger partial charge in [0, 0.05) is 33.2 Å². The van der Waals surface area contributed by atoms with Crippen molar-refractivity contribution in [2.45, 2.75) is 12.8 Å². The fraction of sp³-hybridized carbons (Fsp3) is 0.0417. The summed E-state index contributed by atoms with van der Waals surface area (Å²) in [5, 5.41) is 3.87. The van der Waals surface area contributed by atoms with Gasteiger partial charge in [0.2, 0.25) is 0 Å². The van der Waals surface area contributed by atoms with Crippen molar-refractivity contribution >= 4 is 38.8 Å². The lowest BCUT2D eigenvalue weighted by Crippen LogP contribution is -2.00. The standard InChI is InChI=1S/C48H34N2/c1-4-13-33(14-5-1)35-17-12-20-40(29-35)50-45-22-11-10-21-41(45)42-31-37(24-27-46(42)50)38-25-28-48-44(32-38)43-30-36(34-15-6-2-7-16-34)23-26-47(43)49(48)39-18-8-3-9-19-39/h1-9,11-20,22-32H,10,21H2. The number of aryl methyl sites for hydroxylation is 1. The largest absolute Gasteiger partial charge is 0.310 e. The van der Waals surface area contributed by atoms with Crippen LogP contribution in [0.2, 0.25) is 0 Å². The zero-order chi connectivity index (χ0) is 33.0. The topological polar surface area (TPSA) is 9.86 Å². The number of hydrogen-bond acceptors (Lipinski definition) is 0. The van der Waals surface area contributed by atoms with Crippen molar-refractivity contribution in [3.05, 3.63) is 187 Å². The number of nitrogens with zero attached hydrogens (tertiary/aromatic N) is 2. The first-order valence-electron chi connectivity index (χ1n) is 17.5. The normalized spacial score (nSPS) is 12.6. The molecular weight excluding hydrogens is 605 g/mol. The Morgan fingerprint density at radius 3 is 1.46 bits per heavy atom. The first-order chi connectivity index (χ1) is 24.8. The Hall–Kier alpha value is -6.38. The summed E-state index contributed by atoms with van der Waals surface area (Å²) in [4.78, 5) is 0. The van der Waals surface area contributed by atoms with E-state index < -0.39 is 0 Å². The molecule has 2 heteroatoms. The summed E-state index contributed by atoms with van der Waals surface area (Å²) >= 11 is 0. The van der Waals surface area contributed by atoms with Crippen molar-refractivity contribution < 1.29 is 0 Å². The molecule has 0 saturated heterocycles. The molecule has 0 aliphatic heterocycles. The predicted octanol–water partition coefficient (Wildman–Crippen LogP) is 12.7. The van der Waals surface area contributed by atoms with Crippen LogP contribution in [0.15, 0.2) is 176 Å². The number of para-hydroxylation sites is 1. The van der Waals surface area contributed by atoms with Crippen LogP contribution in [0.3, 0.4) is 0 Å². The lowest BCUT2D eigenvalue weighted by molar-refractivity contribution is 0.968. The summed E-state index contributed by atoms with van der Waals surface area (Å²) in [5.41, 5.74) is 16.2. The van der Waals surface area contributed by atoms with Crippen molar-refractivity contribution in [1.82, 2.24) is 9.13 Å². The van der Waals surface area contributed by atoms with Crippen LogP contribution in [0.1, 0.15) is 17.7 Å². The summed E-state index contributed by atoms with van der Waals surface area (Å²) in [5.74, 6) is 0. The molecule has 2 nitrogen and oxygen atoms in total. The third-order valence-corrected chi connectivity index (χ3v) is 10.4. The quantitative estimate of drug-likeness (QED) is 0.178. The van der Waals surface area contributed by atoms with Crippen LogP contribution in [-0.4, -0.2) is 9.13 Å². The fourth-order valence-electron chi connectivity index (χ4n) is 8.02. The van der Waals surface area contributed by atoms with Crippen molar-refractivity contribution in [3.63, 3.8) is 0 Å². The molecule has 1 aliphatic carbocycles. The minimum absolute atomic E-state index is 1.04. The maximum atomic E-state index is 2.46. The Labute approximate surface area is 291 Å². The zero-order valence-corrected chi connectivity index (χ0v) is 27.6. The summed E-state index contributed by atoms with van der Waals surface area (Å²) in [7, 11) is 0. The van der Waals surface area contributed by atoms with E-state index >= 15 is 0 Å². The molecule has 0 bridgehead atoms. The van der Waals surface area contributed by atoms with Gasteiger partial charge in [-0.3, -0.25) is 0 Å². The molecule has 0 radical (unpaired) electrons. The average Bonchev–Trinajstić information content (AvgIpc) is 3.71. The Bertz CT molecular complexity index is 2730. The maximum Gasteiger partial charge on any atom is 0.0541 e. The highest BCUT2D eigenvalue weighted by Crippen LogP contribution is 2.40. The predicted molar refractivity (Wildman–Crippen MR) is 211 cm³/mol. The van der Waals surface area contributed by atoms with Crippen LogP contribution >= 0.6 is 0 Å². The van der Waals surface area contributed by atoms with Crippen molar-refractivity contribution in [2.75, 3.05) is 0 Å². The van der Waals surface area contributed by atoms with Crippen LogP contribution in [0.4, 0.5) is 0 Å². The van der Waals surface area contributed by atoms with Crippen LogP contribution in [0.25, 0.3) is 83.5 Å². The second kappa shape index (κ2) is 11.6. The van der Waals surface area contributed by atoms with Crippen molar-refractivity contribution in [1.29, 1.82) is 0 Å². The molecule has 0 spiro atoms. The van der Waals surface area contributed by atoms with E-state index in [2.05, 4.69) is 191 Å². The van der Waals surface area contributed by atoms with Crippen molar-refractivity contribution in [3.8, 4) is 44.8 Å². The molecule has 50 heavy (non-hydrogen) atoms. The lowest BCUT2D eigenvalue weighted by atomic mass is 9.97. The second-order valence-electron chi connectivity index (χ2n) is 13.3. The summed E-state index contributed by atoms with van der Waals surface area (Å²) in [6, 6.07) is 62.0. The monoisotopic (exact) mass is 638 g/mol. The molecule has 10 rings (SSSR count). The molecule has 0 unspecified atom stereocenters. The van der Waals surface area contributed by atoms with Gasteiger partial charge in [-0.25, -0.2) is 0 Å². The summed E-state index contributed by atoms with van der Waals surface area (Å²) < 4.78 is 4.86. The summed E-state index contributed by atoms with van der Waals surface area (Å²) in [6.07, 6.45) is 6.75. The van der Waals surface area contributed by atoms with E-state index in [0.717, 1.165) is 12.8 Å². The van der Waals surface area contributed by atoms with Gasteiger partial charge in [-0.15, -0.1) is 0 Å². The van der Waals surface area contributed by atoms with Crippen LogP contribution < -0.4 is 0 Å². The molecule has 236 valence electrons. The minimum Gasteiger partial charge on any atom is -0.310 e. The molecule has 0 N–H and O–H groups in total. The average molecular weight is 639 g/mol. The SMILES string of the molecule is C1=Cc2c(c3cc(-c4ccc5c(c4)c4cc(-c6ccccc6)ccc4n5-c4ccccc4)ccc3n2-c2cccc(-c3ccccc3)c2)CC1. The molecule has 2 heterocycles. The van der Waals surface area contributed by atoms with E-state index in [4.69, 9.17) is 0 Å². The highest BCUT2D eigenvalue weighted by Gasteiger charge is 2.20. The van der Waals surface area contributed by atoms with Crippen molar-refractivity contribution in [2.24, 2.45) is 0 Å². The van der Waals surface area contributed by atoms with Gasteiger partial charge >= 0.3 is 0 Å². The van der Waals surface area contributed by atoms with E-state index in [1.165, 1.54) is 88.7 Å². The van der Waals surface area contributed by atoms with E-state index in [9.17, 15) is 0 Å². The molecule has 0 amide bonds. The number of hydrogen-bond donors (Lipinski definition) is 0. The van der Waals surface area contributed by atoms with E-state index in [1.54, 1.807) is 0 Å². The minimum atomic E-state index is 1.04. The van der Waals surface area contributed by atoms with E-state index in [-0.39, 0.29) is 0 Å². The third-order valence-electron chi connectivity index (χ3n) is 10.4. The van der Waals surface area contributed by atoms with Gasteiger partial charge in [-0.05, 0) is 119 Å². The van der Waals surface area contributed by atoms with Gasteiger partial charge in [-0.1, -0.05) is 115 Å². The molecule has 2 aromatic heterocycles. The highest BCUT2D eigenvalue weighted by atomic mass is 15.0. The number of benzene rings is 7. The second-order valence-corrected chi connectivity index (χ2v) is 13.3. The van der Waals surface area contributed by atoms with E-state index in [1.807, 2.05) is 0 Å². The Balaban J connectivity index is 1.15. The van der Waals surface area contributed by atoms with Crippen LogP contribution in [0.5, 0.6) is 0 Å². The highest BCUT2D eigenvalue weighted by molar-refractivity contribution is 6.12. The molecule has 0 fully saturated rings. The number of aromatic nitrogens is 2. The fourth-order valence-corrected chi connectivity index (χ4v) is 8.02. The number of fused-ring (bicyclic) bond motifs is 6. The number of allylic oxidation sites excluding steroid dienone is 1. The van der Waals surface area contributed by atoms with Crippen LogP contribution in [-0.2, 0) is 6.42 Å². The molecular formula is C48H34N2. The van der Waals surface area contributed by atoms with Gasteiger partial charge < -0.3 is 9.13 Å². The van der Waals surface area contributed by atoms with Gasteiger partial charge in [0.05, 0.1) is 16.6 Å². The van der Waals surface area contributed by atoms with Gasteiger partial charge in [-0.2, -0.15) is 0 Å². The molecule has 0 atom stereocenters. The molecule has 9 aromatic rings. The zero-order valence-electron chi connectivity index (χ0n) is 27.6. The Morgan fingerprint density at radius 2 is 0.840 bits per heavy atom. The van der Waals surface area contributed by atoms with Gasteiger partial charge in [0.25, 0.3) is 0 Å². The lowest BCUT2D eigenvalue weighted by Gasteiger charge is -2.13. The maximum absolute atomic E-state index is 2.46. The first-order valence-corrected chi connectivity index (χ1v) is 17.5. The van der Waals surface area contributed by atoms with Crippen LogP contribution in [0, 0.1) is 0 Å². The number of rotatable bonds is 5. The Morgan fingerprint density at radius 1 is 0.360 bits per heavy atom. The van der Waals surface area contributed by atoms with E-state index in [0.29, 0.717) is 0 Å². The van der Waals surface area contributed by atoms with Gasteiger partial charge in [0.15, 0.2) is 0 Å².